The van der Waals surface area contributed by atoms with Crippen molar-refractivity contribution in [3.05, 3.63) is 46.8 Å². The molecule has 0 saturated heterocycles. The fraction of sp³-hybridized carbons (Fsp3) is 0.429. The highest BCUT2D eigenvalue weighted by molar-refractivity contribution is 5.38. The first-order valence-electron chi connectivity index (χ1n) is 5.83. The Kier molecular flexibility index (Phi) is 4.41. The van der Waals surface area contributed by atoms with Gasteiger partial charge in [-0.1, -0.05) is 25.1 Å². The lowest BCUT2D eigenvalue weighted by Crippen LogP contribution is -2.19. The summed E-state index contributed by atoms with van der Waals surface area (Å²) in [6.45, 7) is 9.48. The summed E-state index contributed by atoms with van der Waals surface area (Å²) in [5.74, 6) is 0.324. The van der Waals surface area contributed by atoms with E-state index in [1.807, 2.05) is 0 Å². The van der Waals surface area contributed by atoms with Crippen LogP contribution in [-0.2, 0) is 0 Å². The Labute approximate surface area is 98.6 Å². The number of nitrogens with two attached hydrogens (primary N) is 1. The van der Waals surface area contributed by atoms with E-state index in [4.69, 9.17) is 5.73 Å². The van der Waals surface area contributed by atoms with E-state index in [0.29, 0.717) is 5.92 Å². The standard InChI is InChI=1S/C14H22N2/c1-5-16-14(9-15)12(4)13-8-6-7-10(2)11(13)3/h6-9,12,16H,5,15H2,1-4H3/b14-9-. The highest BCUT2D eigenvalue weighted by Gasteiger charge is 2.13. The quantitative estimate of drug-likeness (QED) is 0.815. The summed E-state index contributed by atoms with van der Waals surface area (Å²) >= 11 is 0. The zero-order valence-electron chi connectivity index (χ0n) is 10.7. The van der Waals surface area contributed by atoms with Crippen LogP contribution in [0.2, 0.25) is 0 Å². The molecular weight excluding hydrogens is 196 g/mol. The molecule has 0 aliphatic heterocycles. The normalized spacial score (nSPS) is 13.6. The maximum atomic E-state index is 5.66. The van der Waals surface area contributed by atoms with Crippen molar-refractivity contribution in [3.63, 3.8) is 0 Å². The van der Waals surface area contributed by atoms with Crippen LogP contribution in [0.5, 0.6) is 0 Å². The first-order chi connectivity index (χ1) is 7.61. The van der Waals surface area contributed by atoms with Gasteiger partial charge < -0.3 is 11.1 Å². The Hall–Kier alpha value is -1.44. The average Bonchev–Trinajstić information content (AvgIpc) is 2.29. The second-order valence-electron chi connectivity index (χ2n) is 4.16. The van der Waals surface area contributed by atoms with Gasteiger partial charge in [0, 0.05) is 24.4 Å². The summed E-state index contributed by atoms with van der Waals surface area (Å²) in [6, 6.07) is 6.42. The van der Waals surface area contributed by atoms with Crippen LogP contribution in [-0.4, -0.2) is 6.54 Å². The number of nitrogens with one attached hydrogen (secondary N) is 1. The van der Waals surface area contributed by atoms with Crippen molar-refractivity contribution >= 4 is 0 Å². The molecule has 1 atom stereocenters. The fourth-order valence-electron chi connectivity index (χ4n) is 1.97. The molecule has 1 aromatic carbocycles. The van der Waals surface area contributed by atoms with Crippen LogP contribution in [0.15, 0.2) is 30.1 Å². The van der Waals surface area contributed by atoms with Crippen LogP contribution in [0.25, 0.3) is 0 Å². The number of rotatable bonds is 4. The summed E-state index contributed by atoms with van der Waals surface area (Å²) in [7, 11) is 0. The summed E-state index contributed by atoms with van der Waals surface area (Å²) in [6.07, 6.45) is 1.68. The summed E-state index contributed by atoms with van der Waals surface area (Å²) in [5, 5.41) is 3.31. The van der Waals surface area contributed by atoms with Crippen molar-refractivity contribution in [1.82, 2.24) is 5.32 Å². The van der Waals surface area contributed by atoms with E-state index in [1.54, 1.807) is 6.20 Å². The minimum Gasteiger partial charge on any atom is -0.403 e. The number of hydrogen-bond acceptors (Lipinski definition) is 2. The molecule has 88 valence electrons. The van der Waals surface area contributed by atoms with Crippen molar-refractivity contribution < 1.29 is 0 Å². The van der Waals surface area contributed by atoms with E-state index in [9.17, 15) is 0 Å². The minimum atomic E-state index is 0.324. The van der Waals surface area contributed by atoms with Crippen LogP contribution in [0.4, 0.5) is 0 Å². The van der Waals surface area contributed by atoms with Gasteiger partial charge in [0.05, 0.1) is 0 Å². The average molecular weight is 218 g/mol. The molecule has 0 amide bonds. The molecule has 1 aromatic rings. The molecule has 3 N–H and O–H groups in total. The molecule has 0 saturated carbocycles. The Balaban J connectivity index is 3.04. The SMILES string of the molecule is CCN/C(=C\N)C(C)c1cccc(C)c1C. The number of aryl methyl sites for hydroxylation is 1. The van der Waals surface area contributed by atoms with Crippen LogP contribution < -0.4 is 11.1 Å². The maximum absolute atomic E-state index is 5.66. The van der Waals surface area contributed by atoms with Gasteiger partial charge in [-0.05, 0) is 37.5 Å². The van der Waals surface area contributed by atoms with E-state index in [2.05, 4.69) is 51.2 Å². The van der Waals surface area contributed by atoms with Crippen molar-refractivity contribution in [1.29, 1.82) is 0 Å². The van der Waals surface area contributed by atoms with Gasteiger partial charge in [0.1, 0.15) is 0 Å². The molecule has 1 rings (SSSR count). The number of benzene rings is 1. The topological polar surface area (TPSA) is 38.0 Å². The summed E-state index contributed by atoms with van der Waals surface area (Å²) in [4.78, 5) is 0. The molecule has 0 aliphatic carbocycles. The van der Waals surface area contributed by atoms with Gasteiger partial charge in [0.25, 0.3) is 0 Å². The molecule has 16 heavy (non-hydrogen) atoms. The van der Waals surface area contributed by atoms with Crippen LogP contribution in [0, 0.1) is 13.8 Å². The highest BCUT2D eigenvalue weighted by Crippen LogP contribution is 2.26. The van der Waals surface area contributed by atoms with Gasteiger partial charge in [-0.25, -0.2) is 0 Å². The first-order valence-corrected chi connectivity index (χ1v) is 5.83. The number of allylic oxidation sites excluding steroid dienone is 1. The van der Waals surface area contributed by atoms with Crippen molar-refractivity contribution in [2.24, 2.45) is 5.73 Å². The Morgan fingerprint density at radius 3 is 2.69 bits per heavy atom. The smallest absolute Gasteiger partial charge is 0.0337 e. The molecule has 0 bridgehead atoms. The summed E-state index contributed by atoms with van der Waals surface area (Å²) < 4.78 is 0. The van der Waals surface area contributed by atoms with Gasteiger partial charge in [-0.3, -0.25) is 0 Å². The Bertz CT molecular complexity index is 380. The van der Waals surface area contributed by atoms with Crippen LogP contribution in [0.1, 0.15) is 36.5 Å². The maximum Gasteiger partial charge on any atom is 0.0337 e. The summed E-state index contributed by atoms with van der Waals surface area (Å²) in [5.41, 5.74) is 10.8. The van der Waals surface area contributed by atoms with Gasteiger partial charge >= 0.3 is 0 Å². The van der Waals surface area contributed by atoms with Gasteiger partial charge in [-0.15, -0.1) is 0 Å². The third-order valence-electron chi connectivity index (χ3n) is 3.14. The van der Waals surface area contributed by atoms with E-state index in [-0.39, 0.29) is 0 Å². The predicted octanol–water partition coefficient (Wildman–Crippen LogP) is 2.82. The zero-order chi connectivity index (χ0) is 12.1. The molecule has 2 nitrogen and oxygen atoms in total. The van der Waals surface area contributed by atoms with E-state index >= 15 is 0 Å². The molecule has 0 heterocycles. The highest BCUT2D eigenvalue weighted by atomic mass is 14.9. The Morgan fingerprint density at radius 1 is 1.44 bits per heavy atom. The Morgan fingerprint density at radius 2 is 2.12 bits per heavy atom. The van der Waals surface area contributed by atoms with Crippen LogP contribution >= 0.6 is 0 Å². The molecule has 1 unspecified atom stereocenters. The number of hydrogen-bond donors (Lipinski definition) is 2. The third kappa shape index (κ3) is 2.57. The first kappa shape index (κ1) is 12.6. The van der Waals surface area contributed by atoms with Crippen molar-refractivity contribution in [3.8, 4) is 0 Å². The lowest BCUT2D eigenvalue weighted by molar-refractivity contribution is 0.732. The molecule has 2 heteroatoms. The van der Waals surface area contributed by atoms with Gasteiger partial charge in [0.2, 0.25) is 0 Å². The third-order valence-corrected chi connectivity index (χ3v) is 3.14. The molecule has 0 spiro atoms. The molecule has 0 aliphatic rings. The van der Waals surface area contributed by atoms with Crippen molar-refractivity contribution in [2.75, 3.05) is 6.54 Å². The number of likely N-dealkylation sites (N-methyl/N-ethyl adjacent to an activating group) is 1. The monoisotopic (exact) mass is 218 g/mol. The second kappa shape index (κ2) is 5.59. The van der Waals surface area contributed by atoms with E-state index in [1.165, 1.54) is 16.7 Å². The van der Waals surface area contributed by atoms with Crippen LogP contribution in [0.3, 0.4) is 0 Å². The van der Waals surface area contributed by atoms with Gasteiger partial charge in [-0.2, -0.15) is 0 Å². The largest absolute Gasteiger partial charge is 0.403 e. The molecule has 0 radical (unpaired) electrons. The van der Waals surface area contributed by atoms with E-state index in [0.717, 1.165) is 12.2 Å². The minimum absolute atomic E-state index is 0.324. The second-order valence-corrected chi connectivity index (χ2v) is 4.16. The molecule has 0 fully saturated rings. The zero-order valence-corrected chi connectivity index (χ0v) is 10.7. The molecule has 0 aromatic heterocycles. The lowest BCUT2D eigenvalue weighted by Gasteiger charge is -2.20. The fourth-order valence-corrected chi connectivity index (χ4v) is 1.97. The van der Waals surface area contributed by atoms with Gasteiger partial charge in [0.15, 0.2) is 0 Å². The lowest BCUT2D eigenvalue weighted by atomic mass is 9.91. The predicted molar refractivity (Wildman–Crippen MR) is 70.3 cm³/mol. The molecular formula is C14H22N2. The van der Waals surface area contributed by atoms with E-state index < -0.39 is 0 Å². The van der Waals surface area contributed by atoms with Crippen molar-refractivity contribution in [2.45, 2.75) is 33.6 Å².